The molecule has 2 aromatic carbocycles. The van der Waals surface area contributed by atoms with E-state index >= 15 is 0 Å². The maximum absolute atomic E-state index is 13.1. The summed E-state index contributed by atoms with van der Waals surface area (Å²) in [6, 6.07) is 10.9. The van der Waals surface area contributed by atoms with E-state index < -0.39 is 5.97 Å². The number of cyclic esters (lactones) is 1. The minimum Gasteiger partial charge on any atom is -0.456 e. The van der Waals surface area contributed by atoms with E-state index in [-0.39, 0.29) is 31.6 Å². The molecule has 3 aliphatic heterocycles. The number of benzene rings is 2. The molecule has 0 radical (unpaired) electrons. The molecule has 3 heterocycles. The molecule has 1 amide bonds. The number of carbonyl (C=O) groups excluding carboxylic acids is 2. The Morgan fingerprint density at radius 3 is 2.68 bits per heavy atom. The van der Waals surface area contributed by atoms with Gasteiger partial charge in [0.05, 0.1) is 17.0 Å². The highest BCUT2D eigenvalue weighted by Crippen LogP contribution is 2.44. The van der Waals surface area contributed by atoms with Crippen molar-refractivity contribution in [2.24, 2.45) is 0 Å². The van der Waals surface area contributed by atoms with Crippen molar-refractivity contribution < 1.29 is 23.8 Å². The van der Waals surface area contributed by atoms with E-state index in [4.69, 9.17) is 25.8 Å². The standard InChI is InChI=1S/C21H16ClNO5/c1-11-2-4-13(7-15(11)22)23-16-9-26-21(25)20(16)14(8-19(23)24)12-3-5-17-18(6-12)28-10-27-17/h2-7,14H,8-10H2,1H3. The second-order valence-electron chi connectivity index (χ2n) is 6.97. The van der Waals surface area contributed by atoms with E-state index in [0.29, 0.717) is 33.5 Å². The molecule has 7 heteroatoms. The number of hydrogen-bond donors (Lipinski definition) is 0. The van der Waals surface area contributed by atoms with Crippen LogP contribution in [0.2, 0.25) is 5.02 Å². The van der Waals surface area contributed by atoms with Crippen molar-refractivity contribution in [3.8, 4) is 11.5 Å². The van der Waals surface area contributed by atoms with E-state index in [9.17, 15) is 9.59 Å². The van der Waals surface area contributed by atoms with Crippen molar-refractivity contribution in [2.45, 2.75) is 19.3 Å². The molecule has 0 spiro atoms. The smallest absolute Gasteiger partial charge is 0.336 e. The summed E-state index contributed by atoms with van der Waals surface area (Å²) in [4.78, 5) is 27.2. The predicted octanol–water partition coefficient (Wildman–Crippen LogP) is 3.71. The quantitative estimate of drug-likeness (QED) is 0.723. The average Bonchev–Trinajstić information content (AvgIpc) is 3.30. The van der Waals surface area contributed by atoms with Crippen LogP contribution in [-0.4, -0.2) is 25.3 Å². The molecule has 0 aromatic heterocycles. The number of ether oxygens (including phenoxy) is 3. The Labute approximate surface area is 166 Å². The molecular formula is C21H16ClNO5. The van der Waals surface area contributed by atoms with Crippen molar-refractivity contribution in [2.75, 3.05) is 18.3 Å². The SMILES string of the molecule is Cc1ccc(N2C(=O)CC(c3ccc4c(c3)OCO4)C3=C2COC3=O)cc1Cl. The minimum atomic E-state index is -0.395. The van der Waals surface area contributed by atoms with Crippen molar-refractivity contribution in [1.82, 2.24) is 0 Å². The monoisotopic (exact) mass is 397 g/mol. The molecule has 1 unspecified atom stereocenters. The molecular weight excluding hydrogens is 382 g/mol. The third kappa shape index (κ3) is 2.56. The number of carbonyl (C=O) groups is 2. The summed E-state index contributed by atoms with van der Waals surface area (Å²) >= 11 is 6.25. The van der Waals surface area contributed by atoms with E-state index in [1.54, 1.807) is 17.0 Å². The lowest BCUT2D eigenvalue weighted by molar-refractivity contribution is -0.136. The van der Waals surface area contributed by atoms with Gasteiger partial charge in [0.2, 0.25) is 12.7 Å². The Bertz CT molecular complexity index is 1060. The van der Waals surface area contributed by atoms with Crippen LogP contribution in [0.5, 0.6) is 11.5 Å². The Morgan fingerprint density at radius 2 is 1.86 bits per heavy atom. The third-order valence-corrected chi connectivity index (χ3v) is 5.74. The molecule has 142 valence electrons. The number of halogens is 1. The van der Waals surface area contributed by atoms with Gasteiger partial charge in [-0.2, -0.15) is 0 Å². The van der Waals surface area contributed by atoms with Crippen molar-refractivity contribution >= 4 is 29.2 Å². The largest absolute Gasteiger partial charge is 0.456 e. The molecule has 6 nitrogen and oxygen atoms in total. The van der Waals surface area contributed by atoms with E-state index in [1.165, 1.54) is 0 Å². The number of esters is 1. The first-order valence-corrected chi connectivity index (χ1v) is 9.29. The predicted molar refractivity (Wildman–Crippen MR) is 102 cm³/mol. The molecule has 0 aliphatic carbocycles. The molecule has 0 bridgehead atoms. The topological polar surface area (TPSA) is 65.1 Å². The van der Waals surface area contributed by atoms with Crippen LogP contribution < -0.4 is 14.4 Å². The summed E-state index contributed by atoms with van der Waals surface area (Å²) in [5, 5.41) is 0.565. The van der Waals surface area contributed by atoms with E-state index in [0.717, 1.165) is 11.1 Å². The van der Waals surface area contributed by atoms with Crippen LogP contribution in [0.15, 0.2) is 47.7 Å². The zero-order valence-corrected chi connectivity index (χ0v) is 15.8. The Morgan fingerprint density at radius 1 is 1.04 bits per heavy atom. The maximum Gasteiger partial charge on any atom is 0.336 e. The first-order valence-electron chi connectivity index (χ1n) is 8.92. The number of nitrogens with zero attached hydrogens (tertiary/aromatic N) is 1. The normalized spacial score (nSPS) is 20.5. The van der Waals surface area contributed by atoms with Gasteiger partial charge in [-0.3, -0.25) is 9.69 Å². The number of amides is 1. The number of fused-ring (bicyclic) bond motifs is 1. The fourth-order valence-electron chi connectivity index (χ4n) is 3.89. The summed E-state index contributed by atoms with van der Waals surface area (Å²) in [6.07, 6.45) is 0.152. The highest BCUT2D eigenvalue weighted by molar-refractivity contribution is 6.31. The highest BCUT2D eigenvalue weighted by Gasteiger charge is 2.43. The Kier molecular flexibility index (Phi) is 3.84. The minimum absolute atomic E-state index is 0.0620. The average molecular weight is 398 g/mol. The van der Waals surface area contributed by atoms with Crippen LogP contribution >= 0.6 is 11.6 Å². The van der Waals surface area contributed by atoms with Crippen LogP contribution in [0, 0.1) is 6.92 Å². The molecule has 0 saturated carbocycles. The molecule has 5 rings (SSSR count). The highest BCUT2D eigenvalue weighted by atomic mass is 35.5. The van der Waals surface area contributed by atoms with Crippen molar-refractivity contribution in [3.05, 3.63) is 63.8 Å². The number of hydrogen-bond acceptors (Lipinski definition) is 5. The molecule has 2 aromatic rings. The second-order valence-corrected chi connectivity index (χ2v) is 7.38. The summed E-state index contributed by atoms with van der Waals surface area (Å²) in [7, 11) is 0. The molecule has 0 saturated heterocycles. The van der Waals surface area contributed by atoms with Gasteiger partial charge in [-0.15, -0.1) is 0 Å². The third-order valence-electron chi connectivity index (χ3n) is 5.33. The van der Waals surface area contributed by atoms with Gasteiger partial charge >= 0.3 is 5.97 Å². The van der Waals surface area contributed by atoms with Gasteiger partial charge in [0.25, 0.3) is 0 Å². The van der Waals surface area contributed by atoms with Crippen molar-refractivity contribution in [1.29, 1.82) is 0 Å². The van der Waals surface area contributed by atoms with Crippen LogP contribution in [0.3, 0.4) is 0 Å². The fourth-order valence-corrected chi connectivity index (χ4v) is 4.06. The lowest BCUT2D eigenvalue weighted by atomic mass is 9.84. The summed E-state index contributed by atoms with van der Waals surface area (Å²) in [5.41, 5.74) is 3.46. The molecule has 1 atom stereocenters. The summed E-state index contributed by atoms with van der Waals surface area (Å²) < 4.78 is 16.1. The fraction of sp³-hybridized carbons (Fsp3) is 0.238. The zero-order chi connectivity index (χ0) is 19.4. The lowest BCUT2D eigenvalue weighted by Crippen LogP contribution is -2.37. The van der Waals surface area contributed by atoms with Crippen LogP contribution in [0.1, 0.15) is 23.5 Å². The zero-order valence-electron chi connectivity index (χ0n) is 15.0. The number of anilines is 1. The van der Waals surface area contributed by atoms with Gasteiger partial charge in [-0.05, 0) is 42.3 Å². The molecule has 28 heavy (non-hydrogen) atoms. The van der Waals surface area contributed by atoms with Crippen LogP contribution in [0.4, 0.5) is 5.69 Å². The Balaban J connectivity index is 1.61. The molecule has 3 aliphatic rings. The maximum atomic E-state index is 13.1. The molecule has 0 N–H and O–H groups in total. The first kappa shape index (κ1) is 17.1. The first-order chi connectivity index (χ1) is 13.5. The van der Waals surface area contributed by atoms with Gasteiger partial charge < -0.3 is 14.2 Å². The van der Waals surface area contributed by atoms with Gasteiger partial charge in [0.15, 0.2) is 11.5 Å². The van der Waals surface area contributed by atoms with E-state index in [2.05, 4.69) is 0 Å². The summed E-state index contributed by atoms with van der Waals surface area (Å²) in [6.45, 7) is 2.12. The number of rotatable bonds is 2. The van der Waals surface area contributed by atoms with Gasteiger partial charge in [0, 0.05) is 17.4 Å². The summed E-state index contributed by atoms with van der Waals surface area (Å²) in [5.74, 6) is 0.383. The second kappa shape index (κ2) is 6.27. The van der Waals surface area contributed by atoms with E-state index in [1.807, 2.05) is 31.2 Å². The van der Waals surface area contributed by atoms with Gasteiger partial charge in [-0.25, -0.2) is 4.79 Å². The lowest BCUT2D eigenvalue weighted by Gasteiger charge is -2.32. The van der Waals surface area contributed by atoms with Crippen LogP contribution in [0.25, 0.3) is 0 Å². The van der Waals surface area contributed by atoms with Crippen molar-refractivity contribution in [3.63, 3.8) is 0 Å². The number of aryl methyl sites for hydroxylation is 1. The van der Waals surface area contributed by atoms with Crippen LogP contribution in [-0.2, 0) is 14.3 Å². The Hall–Kier alpha value is -2.99. The molecule has 0 fully saturated rings. The van der Waals surface area contributed by atoms with Gasteiger partial charge in [0.1, 0.15) is 6.61 Å². The van der Waals surface area contributed by atoms with Gasteiger partial charge in [-0.1, -0.05) is 23.7 Å².